The van der Waals surface area contributed by atoms with E-state index in [1.54, 1.807) is 0 Å². The molecule has 4 nitrogen and oxygen atoms in total. The molecule has 0 aliphatic heterocycles. The lowest BCUT2D eigenvalue weighted by molar-refractivity contribution is -0.141. The predicted molar refractivity (Wildman–Crippen MR) is 65.0 cm³/mol. The Morgan fingerprint density at radius 2 is 2.05 bits per heavy atom. The molecule has 20 heavy (non-hydrogen) atoms. The van der Waals surface area contributed by atoms with Crippen LogP contribution in [-0.2, 0) is 17.4 Å². The summed E-state index contributed by atoms with van der Waals surface area (Å²) in [4.78, 5) is 18.6. The van der Waals surface area contributed by atoms with E-state index < -0.39 is 23.6 Å². The van der Waals surface area contributed by atoms with Gasteiger partial charge in [-0.3, -0.25) is 4.79 Å². The number of rotatable bonds is 3. The van der Waals surface area contributed by atoms with E-state index in [0.717, 1.165) is 12.1 Å². The smallest absolute Gasteiger partial charge is 0.416 e. The molecule has 0 saturated carbocycles. The van der Waals surface area contributed by atoms with Crippen LogP contribution < -0.4 is 0 Å². The topological polar surface area (TPSA) is 63.1 Å². The Labute approximate surface area is 112 Å². The largest absolute Gasteiger partial charge is 0.481 e. The third-order valence-electron chi connectivity index (χ3n) is 2.97. The second-order valence-corrected chi connectivity index (χ2v) is 4.49. The maximum absolute atomic E-state index is 12.7. The summed E-state index contributed by atoms with van der Waals surface area (Å²) in [5.74, 6) is -1.76. The zero-order valence-electron chi connectivity index (χ0n) is 10.5. The molecule has 0 aliphatic carbocycles. The summed E-state index contributed by atoms with van der Waals surface area (Å²) in [6.07, 6.45) is -3.19. The van der Waals surface area contributed by atoms with Crippen LogP contribution in [0.25, 0.3) is 10.9 Å². The third-order valence-corrected chi connectivity index (χ3v) is 2.97. The van der Waals surface area contributed by atoms with Crippen molar-refractivity contribution in [2.24, 2.45) is 5.92 Å². The van der Waals surface area contributed by atoms with Gasteiger partial charge in [0.2, 0.25) is 0 Å². The number of carbonyl (C=O) groups is 1. The molecule has 1 N–H and O–H groups in total. The van der Waals surface area contributed by atoms with Gasteiger partial charge in [-0.25, -0.2) is 9.97 Å². The zero-order chi connectivity index (χ0) is 14.9. The summed E-state index contributed by atoms with van der Waals surface area (Å²) < 4.78 is 38.1. The van der Waals surface area contributed by atoms with E-state index in [9.17, 15) is 18.0 Å². The first-order chi connectivity index (χ1) is 9.29. The lowest BCUT2D eigenvalue weighted by Crippen LogP contribution is -2.13. The first-order valence-electron chi connectivity index (χ1n) is 5.82. The number of nitrogens with zero attached hydrogens (tertiary/aromatic N) is 2. The zero-order valence-corrected chi connectivity index (χ0v) is 10.5. The van der Waals surface area contributed by atoms with Gasteiger partial charge >= 0.3 is 12.1 Å². The fraction of sp³-hybridized carbons (Fsp3) is 0.308. The van der Waals surface area contributed by atoms with Crippen molar-refractivity contribution >= 4 is 16.9 Å². The fourth-order valence-corrected chi connectivity index (χ4v) is 1.83. The van der Waals surface area contributed by atoms with Crippen LogP contribution in [0.4, 0.5) is 13.2 Å². The average molecular weight is 284 g/mol. The Morgan fingerprint density at radius 3 is 2.65 bits per heavy atom. The molecule has 0 radical (unpaired) electrons. The van der Waals surface area contributed by atoms with Gasteiger partial charge in [0.1, 0.15) is 6.33 Å². The van der Waals surface area contributed by atoms with E-state index in [4.69, 9.17) is 5.11 Å². The molecule has 0 aliphatic rings. The first-order valence-corrected chi connectivity index (χ1v) is 5.82. The van der Waals surface area contributed by atoms with Crippen LogP contribution >= 0.6 is 0 Å². The van der Waals surface area contributed by atoms with Gasteiger partial charge in [0, 0.05) is 11.8 Å². The van der Waals surface area contributed by atoms with Crippen molar-refractivity contribution in [2.75, 3.05) is 0 Å². The van der Waals surface area contributed by atoms with Gasteiger partial charge in [-0.2, -0.15) is 13.2 Å². The van der Waals surface area contributed by atoms with Crippen molar-refractivity contribution in [1.82, 2.24) is 9.97 Å². The van der Waals surface area contributed by atoms with E-state index in [2.05, 4.69) is 9.97 Å². The number of benzene rings is 1. The van der Waals surface area contributed by atoms with Gasteiger partial charge in [-0.15, -0.1) is 0 Å². The van der Waals surface area contributed by atoms with Crippen molar-refractivity contribution in [3.63, 3.8) is 0 Å². The molecule has 0 saturated heterocycles. The summed E-state index contributed by atoms with van der Waals surface area (Å²) in [5.41, 5.74) is -0.138. The van der Waals surface area contributed by atoms with E-state index >= 15 is 0 Å². The van der Waals surface area contributed by atoms with Gasteiger partial charge in [-0.1, -0.05) is 6.92 Å². The maximum atomic E-state index is 12.7. The van der Waals surface area contributed by atoms with Crippen LogP contribution in [0.15, 0.2) is 24.5 Å². The minimum absolute atomic E-state index is 0.0513. The highest BCUT2D eigenvalue weighted by molar-refractivity contribution is 5.82. The normalized spacial score (nSPS) is 13.4. The number of aliphatic carboxylic acids is 1. The van der Waals surface area contributed by atoms with Gasteiger partial charge < -0.3 is 5.11 Å². The standard InChI is InChI=1S/C13H11F3N2O2/c1-7(12(19)20)4-11-9-5-8(13(14,15)16)2-3-10(9)17-6-18-11/h2-3,5-7H,4H2,1H3,(H,19,20). The second-order valence-electron chi connectivity index (χ2n) is 4.49. The Balaban J connectivity index is 2.52. The number of halogens is 3. The predicted octanol–water partition coefficient (Wildman–Crippen LogP) is 2.91. The van der Waals surface area contributed by atoms with E-state index in [0.29, 0.717) is 11.2 Å². The van der Waals surface area contributed by atoms with Crippen LogP contribution in [0.3, 0.4) is 0 Å². The van der Waals surface area contributed by atoms with Crippen LogP contribution in [0.5, 0.6) is 0 Å². The van der Waals surface area contributed by atoms with Crippen molar-refractivity contribution in [3.8, 4) is 0 Å². The summed E-state index contributed by atoms with van der Waals surface area (Å²) >= 11 is 0. The molecule has 0 spiro atoms. The van der Waals surface area contributed by atoms with E-state index in [-0.39, 0.29) is 11.8 Å². The highest BCUT2D eigenvalue weighted by Gasteiger charge is 2.30. The molecule has 0 fully saturated rings. The number of fused-ring (bicyclic) bond motifs is 1. The molecule has 0 amide bonds. The molecule has 1 atom stereocenters. The molecule has 0 bridgehead atoms. The molecule has 106 valence electrons. The van der Waals surface area contributed by atoms with E-state index in [1.807, 2.05) is 0 Å². The second kappa shape index (κ2) is 5.07. The number of hydrogen-bond donors (Lipinski definition) is 1. The van der Waals surface area contributed by atoms with Crippen LogP contribution in [0.2, 0.25) is 0 Å². The molecule has 1 aromatic heterocycles. The Kier molecular flexibility index (Phi) is 3.61. The van der Waals surface area contributed by atoms with Crippen molar-refractivity contribution in [2.45, 2.75) is 19.5 Å². The highest BCUT2D eigenvalue weighted by atomic mass is 19.4. The third kappa shape index (κ3) is 2.87. The molecular weight excluding hydrogens is 273 g/mol. The van der Waals surface area contributed by atoms with Gasteiger partial charge in [0.05, 0.1) is 22.7 Å². The molecule has 1 heterocycles. The molecule has 2 rings (SSSR count). The highest BCUT2D eigenvalue weighted by Crippen LogP contribution is 2.31. The van der Waals surface area contributed by atoms with Crippen molar-refractivity contribution in [3.05, 3.63) is 35.8 Å². The quantitative estimate of drug-likeness (QED) is 0.941. The fourth-order valence-electron chi connectivity index (χ4n) is 1.83. The van der Waals surface area contributed by atoms with Gasteiger partial charge in [-0.05, 0) is 18.2 Å². The monoisotopic (exact) mass is 284 g/mol. The van der Waals surface area contributed by atoms with Crippen LogP contribution in [0.1, 0.15) is 18.2 Å². The van der Waals surface area contributed by atoms with Gasteiger partial charge in [0.15, 0.2) is 0 Å². The summed E-state index contributed by atoms with van der Waals surface area (Å²) in [5, 5.41) is 9.11. The molecule has 7 heteroatoms. The number of carboxylic acids is 1. The summed E-state index contributed by atoms with van der Waals surface area (Å²) in [7, 11) is 0. The van der Waals surface area contributed by atoms with Crippen molar-refractivity contribution < 1.29 is 23.1 Å². The number of carboxylic acid groups (broad SMARTS) is 1. The van der Waals surface area contributed by atoms with E-state index in [1.165, 1.54) is 19.3 Å². The average Bonchev–Trinajstić information content (AvgIpc) is 2.37. The Hall–Kier alpha value is -2.18. The first kappa shape index (κ1) is 14.2. The number of alkyl halides is 3. The maximum Gasteiger partial charge on any atom is 0.416 e. The van der Waals surface area contributed by atoms with Crippen LogP contribution in [0, 0.1) is 5.92 Å². The summed E-state index contributed by atoms with van der Waals surface area (Å²) in [6, 6.07) is 3.16. The minimum Gasteiger partial charge on any atom is -0.481 e. The van der Waals surface area contributed by atoms with Gasteiger partial charge in [0.25, 0.3) is 0 Å². The Morgan fingerprint density at radius 1 is 1.35 bits per heavy atom. The minimum atomic E-state index is -4.46. The molecular formula is C13H11F3N2O2. The molecule has 1 unspecified atom stereocenters. The molecule has 2 aromatic rings. The lowest BCUT2D eigenvalue weighted by atomic mass is 10.0. The molecule has 1 aromatic carbocycles. The summed E-state index contributed by atoms with van der Waals surface area (Å²) in [6.45, 7) is 1.48. The van der Waals surface area contributed by atoms with Crippen molar-refractivity contribution in [1.29, 1.82) is 0 Å². The number of aromatic nitrogens is 2. The number of hydrogen-bond acceptors (Lipinski definition) is 3. The van der Waals surface area contributed by atoms with Crippen LogP contribution in [-0.4, -0.2) is 21.0 Å². The Bertz CT molecular complexity index is 656. The lowest BCUT2D eigenvalue weighted by Gasteiger charge is -2.11. The SMILES string of the molecule is CC(Cc1ncnc2ccc(C(F)(F)F)cc12)C(=O)O.